The number of urea groups is 1. The zero-order valence-corrected chi connectivity index (χ0v) is 13.2. The molecule has 0 saturated heterocycles. The molecule has 2 rings (SSSR count). The molecule has 0 aliphatic heterocycles. The van der Waals surface area contributed by atoms with Crippen LogP contribution in [-0.4, -0.2) is 22.0 Å². The molecule has 0 saturated carbocycles. The lowest BCUT2D eigenvalue weighted by Crippen LogP contribution is -2.34. The molecule has 0 radical (unpaired) electrons. The van der Waals surface area contributed by atoms with E-state index in [2.05, 4.69) is 20.6 Å². The van der Waals surface area contributed by atoms with Gasteiger partial charge < -0.3 is 10.1 Å². The molecule has 1 heterocycles. The topological polar surface area (TPSA) is 99.9 Å². The number of amides is 2. The number of halogens is 1. The number of ether oxygens (including phenoxy) is 1. The second-order valence-corrected chi connectivity index (χ2v) is 5.20. The lowest BCUT2D eigenvalue weighted by atomic mass is 10.1. The van der Waals surface area contributed by atoms with E-state index in [1.165, 1.54) is 0 Å². The van der Waals surface area contributed by atoms with E-state index < -0.39 is 11.8 Å². The third kappa shape index (κ3) is 4.91. The fourth-order valence-corrected chi connectivity index (χ4v) is 1.79. The number of nitrogens with one attached hydrogen (secondary N) is 2. The van der Waals surface area contributed by atoms with E-state index in [0.717, 1.165) is 11.8 Å². The summed E-state index contributed by atoms with van der Waals surface area (Å²) < 4.78 is 19.1. The van der Waals surface area contributed by atoms with E-state index in [1.807, 2.05) is 6.07 Å². The molecular formula is C16H16FN5O2. The van der Waals surface area contributed by atoms with Crippen molar-refractivity contribution >= 4 is 11.8 Å². The molecule has 0 aliphatic rings. The van der Waals surface area contributed by atoms with Gasteiger partial charge in [0.25, 0.3) is 0 Å². The minimum Gasteiger partial charge on any atom is -0.459 e. The van der Waals surface area contributed by atoms with Crippen LogP contribution in [0, 0.1) is 17.1 Å². The first-order chi connectivity index (χ1) is 11.5. The van der Waals surface area contributed by atoms with Crippen molar-refractivity contribution in [2.24, 2.45) is 0 Å². The number of rotatable bonds is 5. The summed E-state index contributed by atoms with van der Waals surface area (Å²) in [7, 11) is 0. The van der Waals surface area contributed by atoms with Crippen LogP contribution in [0.2, 0.25) is 0 Å². The van der Waals surface area contributed by atoms with E-state index in [0.29, 0.717) is 5.56 Å². The standard InChI is InChI=1S/C16H16FN5O2/c1-10(2)20-15(23)21-14-13(17)8-19-16(22-14)24-9-12-5-3-4-11(6-12)7-18/h3-6,8,10H,9H2,1-2H3,(H2,19,20,21,22,23). The number of aromatic nitrogens is 2. The van der Waals surface area contributed by atoms with Gasteiger partial charge in [-0.2, -0.15) is 10.2 Å². The van der Waals surface area contributed by atoms with Crippen LogP contribution in [0.1, 0.15) is 25.0 Å². The average molecular weight is 329 g/mol. The maximum atomic E-state index is 13.7. The molecule has 24 heavy (non-hydrogen) atoms. The van der Waals surface area contributed by atoms with E-state index in [4.69, 9.17) is 10.00 Å². The molecule has 0 aliphatic carbocycles. The Morgan fingerprint density at radius 2 is 2.25 bits per heavy atom. The van der Waals surface area contributed by atoms with Gasteiger partial charge in [0, 0.05) is 6.04 Å². The third-order valence-electron chi connectivity index (χ3n) is 2.80. The van der Waals surface area contributed by atoms with Crippen molar-refractivity contribution in [2.75, 3.05) is 5.32 Å². The van der Waals surface area contributed by atoms with E-state index in [-0.39, 0.29) is 24.5 Å². The maximum Gasteiger partial charge on any atom is 0.320 e. The van der Waals surface area contributed by atoms with Crippen LogP contribution in [0.25, 0.3) is 0 Å². The van der Waals surface area contributed by atoms with Gasteiger partial charge in [0.1, 0.15) is 6.61 Å². The van der Waals surface area contributed by atoms with E-state index in [1.54, 1.807) is 38.1 Å². The van der Waals surface area contributed by atoms with Gasteiger partial charge in [-0.25, -0.2) is 14.2 Å². The molecule has 7 nitrogen and oxygen atoms in total. The van der Waals surface area contributed by atoms with Crippen LogP contribution < -0.4 is 15.4 Å². The van der Waals surface area contributed by atoms with Crippen molar-refractivity contribution in [3.8, 4) is 12.1 Å². The van der Waals surface area contributed by atoms with Crippen molar-refractivity contribution in [3.63, 3.8) is 0 Å². The minimum absolute atomic E-state index is 0.0846. The van der Waals surface area contributed by atoms with Gasteiger partial charge in [-0.3, -0.25) is 5.32 Å². The molecule has 0 bridgehead atoms. The summed E-state index contributed by atoms with van der Waals surface area (Å²) in [6.45, 7) is 3.67. The summed E-state index contributed by atoms with van der Waals surface area (Å²) in [5, 5.41) is 13.7. The molecule has 0 atom stereocenters. The Labute approximate surface area is 138 Å². The smallest absolute Gasteiger partial charge is 0.320 e. The normalized spacial score (nSPS) is 10.1. The molecule has 124 valence electrons. The van der Waals surface area contributed by atoms with Gasteiger partial charge in [0.2, 0.25) is 0 Å². The van der Waals surface area contributed by atoms with E-state index >= 15 is 0 Å². The molecule has 2 N–H and O–H groups in total. The molecule has 1 aromatic heterocycles. The summed E-state index contributed by atoms with van der Waals surface area (Å²) in [5.41, 5.74) is 1.25. The quantitative estimate of drug-likeness (QED) is 0.878. The number of hydrogen-bond donors (Lipinski definition) is 2. The predicted molar refractivity (Wildman–Crippen MR) is 84.8 cm³/mol. The Bertz CT molecular complexity index is 773. The lowest BCUT2D eigenvalue weighted by molar-refractivity contribution is 0.249. The predicted octanol–water partition coefficient (Wildman–Crippen LogP) is 2.60. The Balaban J connectivity index is 2.04. The summed E-state index contributed by atoms with van der Waals surface area (Å²) in [5.74, 6) is -1.04. The SMILES string of the molecule is CC(C)NC(=O)Nc1nc(OCc2cccc(C#N)c2)ncc1F. The molecule has 1 aromatic carbocycles. The Kier molecular flexibility index (Phi) is 5.63. The van der Waals surface area contributed by atoms with Crippen LogP contribution in [0.3, 0.4) is 0 Å². The minimum atomic E-state index is -0.771. The largest absolute Gasteiger partial charge is 0.459 e. The van der Waals surface area contributed by atoms with Gasteiger partial charge in [-0.15, -0.1) is 0 Å². The first-order valence-electron chi connectivity index (χ1n) is 7.20. The highest BCUT2D eigenvalue weighted by molar-refractivity contribution is 5.88. The summed E-state index contributed by atoms with van der Waals surface area (Å²) in [6.07, 6.45) is 0.916. The fraction of sp³-hybridized carbons (Fsp3) is 0.250. The van der Waals surface area contributed by atoms with Crippen molar-refractivity contribution in [1.29, 1.82) is 5.26 Å². The highest BCUT2D eigenvalue weighted by Crippen LogP contribution is 2.15. The molecule has 2 aromatic rings. The third-order valence-corrected chi connectivity index (χ3v) is 2.80. The Morgan fingerprint density at radius 3 is 2.96 bits per heavy atom. The highest BCUT2D eigenvalue weighted by Gasteiger charge is 2.12. The van der Waals surface area contributed by atoms with Crippen LogP contribution in [0.5, 0.6) is 6.01 Å². The van der Waals surface area contributed by atoms with Crippen molar-refractivity contribution in [3.05, 3.63) is 47.4 Å². The molecule has 0 fully saturated rings. The van der Waals surface area contributed by atoms with Crippen molar-refractivity contribution in [1.82, 2.24) is 15.3 Å². The number of benzene rings is 1. The Morgan fingerprint density at radius 1 is 1.46 bits per heavy atom. The van der Waals surface area contributed by atoms with Gasteiger partial charge in [-0.05, 0) is 31.5 Å². The summed E-state index contributed by atoms with van der Waals surface area (Å²) in [6, 6.07) is 8.12. The number of hydrogen-bond acceptors (Lipinski definition) is 5. The zero-order chi connectivity index (χ0) is 17.5. The average Bonchev–Trinajstić information content (AvgIpc) is 2.55. The number of nitriles is 1. The number of carbonyl (C=O) groups is 1. The van der Waals surface area contributed by atoms with Gasteiger partial charge in [0.15, 0.2) is 11.6 Å². The molecule has 0 spiro atoms. The van der Waals surface area contributed by atoms with Crippen LogP contribution in [-0.2, 0) is 6.61 Å². The molecule has 8 heteroatoms. The summed E-state index contributed by atoms with van der Waals surface area (Å²) in [4.78, 5) is 19.2. The summed E-state index contributed by atoms with van der Waals surface area (Å²) >= 11 is 0. The first kappa shape index (κ1) is 17.1. The van der Waals surface area contributed by atoms with Gasteiger partial charge in [0.05, 0.1) is 17.8 Å². The second kappa shape index (κ2) is 7.87. The van der Waals surface area contributed by atoms with Crippen LogP contribution in [0.4, 0.5) is 15.0 Å². The van der Waals surface area contributed by atoms with Crippen molar-refractivity contribution < 1.29 is 13.9 Å². The van der Waals surface area contributed by atoms with Gasteiger partial charge in [-0.1, -0.05) is 12.1 Å². The zero-order valence-electron chi connectivity index (χ0n) is 13.2. The fourth-order valence-electron chi connectivity index (χ4n) is 1.79. The van der Waals surface area contributed by atoms with Crippen LogP contribution >= 0.6 is 0 Å². The highest BCUT2D eigenvalue weighted by atomic mass is 19.1. The molecule has 0 unspecified atom stereocenters. The lowest BCUT2D eigenvalue weighted by Gasteiger charge is -2.11. The molecule has 2 amide bonds. The Hall–Kier alpha value is -3.21. The number of nitrogens with zero attached hydrogens (tertiary/aromatic N) is 3. The monoisotopic (exact) mass is 329 g/mol. The first-order valence-corrected chi connectivity index (χ1v) is 7.20. The second-order valence-electron chi connectivity index (χ2n) is 5.20. The number of carbonyl (C=O) groups excluding carboxylic acids is 1. The maximum absolute atomic E-state index is 13.7. The van der Waals surface area contributed by atoms with Gasteiger partial charge >= 0.3 is 12.0 Å². The number of anilines is 1. The van der Waals surface area contributed by atoms with E-state index in [9.17, 15) is 9.18 Å². The van der Waals surface area contributed by atoms with Crippen molar-refractivity contribution in [2.45, 2.75) is 26.5 Å². The molecular weight excluding hydrogens is 313 g/mol. The van der Waals surface area contributed by atoms with Crippen LogP contribution in [0.15, 0.2) is 30.5 Å².